The van der Waals surface area contributed by atoms with E-state index in [2.05, 4.69) is 15.3 Å². The molecule has 8 nitrogen and oxygen atoms in total. The van der Waals surface area contributed by atoms with Gasteiger partial charge in [-0.05, 0) is 35.8 Å². The lowest BCUT2D eigenvalue weighted by Gasteiger charge is -2.28. The van der Waals surface area contributed by atoms with E-state index in [1.165, 1.54) is 0 Å². The zero-order chi connectivity index (χ0) is 22.2. The summed E-state index contributed by atoms with van der Waals surface area (Å²) in [7, 11) is -3.35. The second kappa shape index (κ2) is 8.41. The van der Waals surface area contributed by atoms with Gasteiger partial charge in [0.1, 0.15) is 24.6 Å². The van der Waals surface area contributed by atoms with Gasteiger partial charge in [0, 0.05) is 23.9 Å². The molecule has 4 rings (SSSR count). The number of aliphatic hydroxyl groups is 2. The van der Waals surface area contributed by atoms with Gasteiger partial charge in [-0.15, -0.1) is 0 Å². The second-order valence-electron chi connectivity index (χ2n) is 7.68. The van der Waals surface area contributed by atoms with Crippen molar-refractivity contribution in [1.82, 2.24) is 4.98 Å². The van der Waals surface area contributed by atoms with Gasteiger partial charge in [0.05, 0.1) is 17.3 Å². The van der Waals surface area contributed by atoms with Crippen molar-refractivity contribution < 1.29 is 23.4 Å². The zero-order valence-corrected chi connectivity index (χ0v) is 18.1. The summed E-state index contributed by atoms with van der Waals surface area (Å²) in [6.07, 6.45) is 2.44. The molecule has 0 aliphatic carbocycles. The Morgan fingerprint density at radius 1 is 1.29 bits per heavy atom. The first-order valence-electron chi connectivity index (χ1n) is 10.1. The van der Waals surface area contributed by atoms with Crippen molar-refractivity contribution in [2.75, 3.05) is 24.3 Å². The Hall–Kier alpha value is -2.75. The van der Waals surface area contributed by atoms with Crippen LogP contribution in [0.2, 0.25) is 0 Å². The number of nitrogens with one attached hydrogen (secondary N) is 1. The maximum atomic E-state index is 12.4. The average molecular weight is 444 g/mol. The molecule has 0 amide bonds. The minimum absolute atomic E-state index is 0.0262. The first kappa shape index (κ1) is 21.5. The number of aliphatic hydroxyl groups excluding tert-OH is 2. The van der Waals surface area contributed by atoms with Crippen LogP contribution < -0.4 is 5.32 Å². The molecule has 2 unspecified atom stereocenters. The Balaban J connectivity index is 1.78. The largest absolute Gasteiger partial charge is 0.476 e. The van der Waals surface area contributed by atoms with Gasteiger partial charge in [-0.1, -0.05) is 25.1 Å². The summed E-state index contributed by atoms with van der Waals surface area (Å²) in [6.45, 7) is 3.09. The number of sulfone groups is 1. The molecule has 2 aliphatic rings. The third-order valence-electron chi connectivity index (χ3n) is 5.49. The number of fused-ring (bicyclic) bond motifs is 3. The van der Waals surface area contributed by atoms with E-state index in [1.807, 2.05) is 19.1 Å². The zero-order valence-electron chi connectivity index (χ0n) is 17.3. The smallest absolute Gasteiger partial charge is 0.212 e. The monoisotopic (exact) mass is 443 g/mol. The van der Waals surface area contributed by atoms with Crippen LogP contribution in [0.5, 0.6) is 0 Å². The number of ether oxygens (including phenoxy) is 1. The minimum atomic E-state index is -3.35. The normalized spacial score (nSPS) is 20.8. The van der Waals surface area contributed by atoms with Gasteiger partial charge in [0.25, 0.3) is 0 Å². The third kappa shape index (κ3) is 4.08. The standard InChI is InChI=1S/C22H25N3O5S/c1-3-31(28,29)16-6-4-5-14(8-16)18-10-24-22(30-12-15(27)11-26)20-19(18)17-7-13(2)9-23-21(17)25-20/h4-10,15,19-20,26-27H,3,11-12H2,1-2H3,(H,23,25)/t15-,19?,20?/m1/s1. The molecule has 0 saturated heterocycles. The Kier molecular flexibility index (Phi) is 5.83. The summed E-state index contributed by atoms with van der Waals surface area (Å²) >= 11 is 0. The first-order valence-corrected chi connectivity index (χ1v) is 11.7. The summed E-state index contributed by atoms with van der Waals surface area (Å²) in [6, 6.07) is 8.58. The summed E-state index contributed by atoms with van der Waals surface area (Å²) in [5.74, 6) is 0.929. The SMILES string of the molecule is CCS(=O)(=O)c1cccc(C2=CN=C(OC[C@H](O)CO)C3Nc4ncc(C)cc4C23)c1. The van der Waals surface area contributed by atoms with Gasteiger partial charge in [-0.3, -0.25) is 0 Å². The lowest BCUT2D eigenvalue weighted by molar-refractivity contribution is 0.0482. The molecule has 3 N–H and O–H groups in total. The highest BCUT2D eigenvalue weighted by Crippen LogP contribution is 2.46. The molecule has 164 valence electrons. The van der Waals surface area contributed by atoms with Crippen molar-refractivity contribution in [2.45, 2.75) is 36.8 Å². The van der Waals surface area contributed by atoms with Gasteiger partial charge in [-0.2, -0.15) is 0 Å². The Bertz CT molecular complexity index is 1160. The van der Waals surface area contributed by atoms with Gasteiger partial charge in [-0.25, -0.2) is 18.4 Å². The minimum Gasteiger partial charge on any atom is -0.476 e. The van der Waals surface area contributed by atoms with Crippen LogP contribution in [0.1, 0.15) is 29.5 Å². The number of rotatable bonds is 6. The number of benzene rings is 1. The molecular weight excluding hydrogens is 418 g/mol. The van der Waals surface area contributed by atoms with Crippen LogP contribution in [0.15, 0.2) is 52.6 Å². The van der Waals surface area contributed by atoms with Crippen LogP contribution in [0.25, 0.3) is 5.57 Å². The fourth-order valence-corrected chi connectivity index (χ4v) is 4.78. The number of aromatic nitrogens is 1. The molecule has 2 aromatic rings. The van der Waals surface area contributed by atoms with Crippen molar-refractivity contribution in [2.24, 2.45) is 4.99 Å². The third-order valence-corrected chi connectivity index (χ3v) is 7.22. The highest BCUT2D eigenvalue weighted by molar-refractivity contribution is 7.91. The van der Waals surface area contributed by atoms with Crippen molar-refractivity contribution in [3.8, 4) is 0 Å². The predicted octanol–water partition coefficient (Wildman–Crippen LogP) is 1.88. The molecule has 3 heterocycles. The van der Waals surface area contributed by atoms with E-state index >= 15 is 0 Å². The molecule has 0 spiro atoms. The van der Waals surface area contributed by atoms with E-state index in [-0.39, 0.29) is 29.2 Å². The van der Waals surface area contributed by atoms with Crippen molar-refractivity contribution in [3.63, 3.8) is 0 Å². The molecule has 0 fully saturated rings. The second-order valence-corrected chi connectivity index (χ2v) is 9.96. The van der Waals surface area contributed by atoms with E-state index in [1.54, 1.807) is 37.5 Å². The van der Waals surface area contributed by atoms with Crippen LogP contribution in [0.4, 0.5) is 5.82 Å². The number of hydrogen-bond donors (Lipinski definition) is 3. The number of pyridine rings is 1. The Labute approximate surface area is 181 Å². The molecule has 9 heteroatoms. The van der Waals surface area contributed by atoms with Crippen LogP contribution in [0, 0.1) is 6.92 Å². The van der Waals surface area contributed by atoms with E-state index in [4.69, 9.17) is 9.84 Å². The molecule has 0 bridgehead atoms. The average Bonchev–Trinajstić information content (AvgIpc) is 3.16. The molecule has 2 aliphatic heterocycles. The predicted molar refractivity (Wildman–Crippen MR) is 118 cm³/mol. The van der Waals surface area contributed by atoms with Crippen molar-refractivity contribution in [1.29, 1.82) is 0 Å². The fourth-order valence-electron chi connectivity index (χ4n) is 3.86. The number of hydrogen-bond acceptors (Lipinski definition) is 8. The van der Waals surface area contributed by atoms with Gasteiger partial charge < -0.3 is 20.3 Å². The van der Waals surface area contributed by atoms with Crippen LogP contribution in [-0.4, -0.2) is 60.6 Å². The van der Waals surface area contributed by atoms with E-state index < -0.39 is 22.5 Å². The number of anilines is 1. The van der Waals surface area contributed by atoms with E-state index in [9.17, 15) is 13.5 Å². The maximum absolute atomic E-state index is 12.4. The molecule has 31 heavy (non-hydrogen) atoms. The first-order chi connectivity index (χ1) is 14.8. The highest BCUT2D eigenvalue weighted by Gasteiger charge is 2.42. The molecule has 0 saturated carbocycles. The maximum Gasteiger partial charge on any atom is 0.212 e. The lowest BCUT2D eigenvalue weighted by Crippen LogP contribution is -2.37. The van der Waals surface area contributed by atoms with E-state index in [0.717, 1.165) is 22.3 Å². The summed E-state index contributed by atoms with van der Waals surface area (Å²) < 4.78 is 30.5. The number of aliphatic imine (C=N–C) groups is 1. The summed E-state index contributed by atoms with van der Waals surface area (Å²) in [4.78, 5) is 9.22. The Morgan fingerprint density at radius 3 is 2.84 bits per heavy atom. The molecule has 0 radical (unpaired) electrons. The van der Waals surface area contributed by atoms with Crippen molar-refractivity contribution in [3.05, 3.63) is 59.4 Å². The van der Waals surface area contributed by atoms with Crippen LogP contribution in [0.3, 0.4) is 0 Å². The summed E-state index contributed by atoms with van der Waals surface area (Å²) in [5, 5.41) is 22.1. The molecule has 1 aromatic heterocycles. The van der Waals surface area contributed by atoms with Gasteiger partial charge >= 0.3 is 0 Å². The lowest BCUT2D eigenvalue weighted by atomic mass is 9.83. The Morgan fingerprint density at radius 2 is 2.10 bits per heavy atom. The van der Waals surface area contributed by atoms with Crippen molar-refractivity contribution >= 4 is 27.1 Å². The molecule has 1 aromatic carbocycles. The molecular formula is C22H25N3O5S. The molecule has 3 atom stereocenters. The number of aryl methyl sites for hydroxylation is 1. The highest BCUT2D eigenvalue weighted by atomic mass is 32.2. The fraction of sp³-hybridized carbons (Fsp3) is 0.364. The quantitative estimate of drug-likeness (QED) is 0.623. The van der Waals surface area contributed by atoms with Gasteiger partial charge in [0.15, 0.2) is 9.84 Å². The van der Waals surface area contributed by atoms with Gasteiger partial charge in [0.2, 0.25) is 5.90 Å². The van der Waals surface area contributed by atoms with E-state index in [0.29, 0.717) is 11.7 Å². The van der Waals surface area contributed by atoms with Crippen LogP contribution in [-0.2, 0) is 14.6 Å². The topological polar surface area (TPSA) is 121 Å². The number of nitrogens with zero attached hydrogens (tertiary/aromatic N) is 2. The summed E-state index contributed by atoms with van der Waals surface area (Å²) in [5.41, 5.74) is 3.59. The van der Waals surface area contributed by atoms with Crippen LogP contribution >= 0.6 is 0 Å².